The highest BCUT2D eigenvalue weighted by molar-refractivity contribution is 5.96. The van der Waals surface area contributed by atoms with Gasteiger partial charge in [0.1, 0.15) is 0 Å². The highest BCUT2D eigenvalue weighted by Crippen LogP contribution is 2.27. The van der Waals surface area contributed by atoms with Crippen molar-refractivity contribution in [2.24, 2.45) is 0 Å². The van der Waals surface area contributed by atoms with Crippen molar-refractivity contribution in [3.8, 4) is 0 Å². The Balaban J connectivity index is 2.36. The summed E-state index contributed by atoms with van der Waals surface area (Å²) in [7, 11) is 0. The lowest BCUT2D eigenvalue weighted by Crippen LogP contribution is -2.06. The number of nitrogens with zero attached hydrogens (tertiary/aromatic N) is 3. The van der Waals surface area contributed by atoms with E-state index in [-0.39, 0.29) is 0 Å². The van der Waals surface area contributed by atoms with Crippen LogP contribution in [-0.4, -0.2) is 14.8 Å². The van der Waals surface area contributed by atoms with Crippen molar-refractivity contribution in [1.29, 1.82) is 0 Å². The van der Waals surface area contributed by atoms with Crippen LogP contribution in [0.25, 0.3) is 21.9 Å². The van der Waals surface area contributed by atoms with Crippen LogP contribution in [0.4, 0.5) is 5.82 Å². The SMILES string of the molecule is CC[C@@H](C)n1nc(N)c2cc3ccc(C)cc3nc21. The first-order valence-corrected chi connectivity index (χ1v) is 6.65. The fraction of sp³-hybridized carbons (Fsp3) is 0.333. The minimum atomic E-state index is 0.301. The zero-order valence-corrected chi connectivity index (χ0v) is 11.5. The van der Waals surface area contributed by atoms with Crippen LogP contribution >= 0.6 is 0 Å². The smallest absolute Gasteiger partial charge is 0.160 e. The average molecular weight is 254 g/mol. The van der Waals surface area contributed by atoms with Crippen molar-refractivity contribution in [2.45, 2.75) is 33.2 Å². The number of nitrogen functional groups attached to an aromatic ring is 1. The van der Waals surface area contributed by atoms with Crippen molar-refractivity contribution >= 4 is 27.8 Å². The number of aryl methyl sites for hydroxylation is 1. The summed E-state index contributed by atoms with van der Waals surface area (Å²) >= 11 is 0. The lowest BCUT2D eigenvalue weighted by atomic mass is 10.1. The van der Waals surface area contributed by atoms with Gasteiger partial charge in [-0.2, -0.15) is 5.10 Å². The minimum absolute atomic E-state index is 0.301. The molecule has 98 valence electrons. The standard InChI is InChI=1S/C15H18N4/c1-4-10(3)19-15-12(14(16)18-19)8-11-6-5-9(2)7-13(11)17-15/h5-8,10H,4H2,1-3H3,(H2,16,18)/t10-/m1/s1. The van der Waals surface area contributed by atoms with Crippen LogP contribution in [0.1, 0.15) is 31.9 Å². The molecule has 1 aromatic carbocycles. The highest BCUT2D eigenvalue weighted by Gasteiger charge is 2.14. The zero-order valence-electron chi connectivity index (χ0n) is 11.5. The van der Waals surface area contributed by atoms with Crippen LogP contribution in [-0.2, 0) is 0 Å². The van der Waals surface area contributed by atoms with Gasteiger partial charge in [0.25, 0.3) is 0 Å². The maximum Gasteiger partial charge on any atom is 0.160 e. The fourth-order valence-electron chi connectivity index (χ4n) is 2.33. The number of benzene rings is 1. The molecule has 2 N–H and O–H groups in total. The molecular weight excluding hydrogens is 236 g/mol. The lowest BCUT2D eigenvalue weighted by molar-refractivity contribution is 0.492. The number of anilines is 1. The number of pyridine rings is 1. The number of rotatable bonds is 2. The molecule has 0 aliphatic rings. The predicted octanol–water partition coefficient (Wildman–Crippen LogP) is 3.45. The Hall–Kier alpha value is -2.10. The Morgan fingerprint density at radius 1 is 1.32 bits per heavy atom. The number of hydrogen-bond acceptors (Lipinski definition) is 3. The molecule has 0 spiro atoms. The van der Waals surface area contributed by atoms with Gasteiger partial charge in [0, 0.05) is 5.39 Å². The van der Waals surface area contributed by atoms with E-state index in [4.69, 9.17) is 10.7 Å². The second-order valence-electron chi connectivity index (χ2n) is 5.14. The molecule has 2 heterocycles. The van der Waals surface area contributed by atoms with E-state index in [0.29, 0.717) is 11.9 Å². The lowest BCUT2D eigenvalue weighted by Gasteiger charge is -2.10. The van der Waals surface area contributed by atoms with E-state index < -0.39 is 0 Å². The van der Waals surface area contributed by atoms with E-state index >= 15 is 0 Å². The molecule has 4 nitrogen and oxygen atoms in total. The molecule has 0 bridgehead atoms. The molecule has 3 rings (SSSR count). The van der Waals surface area contributed by atoms with Gasteiger partial charge in [0.2, 0.25) is 0 Å². The predicted molar refractivity (Wildman–Crippen MR) is 79.2 cm³/mol. The first-order chi connectivity index (χ1) is 9.10. The molecule has 0 unspecified atom stereocenters. The van der Waals surface area contributed by atoms with Crippen molar-refractivity contribution in [3.63, 3.8) is 0 Å². The average Bonchev–Trinajstić information content (AvgIpc) is 2.72. The number of hydrogen-bond donors (Lipinski definition) is 1. The minimum Gasteiger partial charge on any atom is -0.382 e. The summed E-state index contributed by atoms with van der Waals surface area (Å²) in [6.45, 7) is 6.35. The van der Waals surface area contributed by atoms with Crippen molar-refractivity contribution in [3.05, 3.63) is 29.8 Å². The van der Waals surface area contributed by atoms with Gasteiger partial charge < -0.3 is 5.73 Å². The summed E-state index contributed by atoms with van der Waals surface area (Å²) in [5.41, 5.74) is 9.11. The van der Waals surface area contributed by atoms with Crippen molar-refractivity contribution in [1.82, 2.24) is 14.8 Å². The Bertz CT molecular complexity index is 758. The number of fused-ring (bicyclic) bond motifs is 2. The van der Waals surface area contributed by atoms with E-state index in [0.717, 1.165) is 28.4 Å². The molecule has 2 aromatic heterocycles. The summed E-state index contributed by atoms with van der Waals surface area (Å²) in [5.74, 6) is 0.560. The summed E-state index contributed by atoms with van der Waals surface area (Å²) in [6, 6.07) is 8.65. The summed E-state index contributed by atoms with van der Waals surface area (Å²) < 4.78 is 1.94. The van der Waals surface area contributed by atoms with Gasteiger partial charge in [-0.05, 0) is 38.0 Å². The van der Waals surface area contributed by atoms with Gasteiger partial charge in [-0.25, -0.2) is 9.67 Å². The number of aromatic nitrogens is 3. The Labute approximate surface area is 112 Å². The molecule has 0 fully saturated rings. The molecule has 4 heteroatoms. The molecule has 0 saturated carbocycles. The van der Waals surface area contributed by atoms with Gasteiger partial charge in [-0.15, -0.1) is 0 Å². The molecule has 3 aromatic rings. The van der Waals surface area contributed by atoms with Gasteiger partial charge >= 0.3 is 0 Å². The monoisotopic (exact) mass is 254 g/mol. The van der Waals surface area contributed by atoms with Crippen molar-refractivity contribution in [2.75, 3.05) is 5.73 Å². The van der Waals surface area contributed by atoms with Crippen LogP contribution < -0.4 is 5.73 Å². The van der Waals surface area contributed by atoms with E-state index in [2.05, 4.69) is 50.1 Å². The molecule has 19 heavy (non-hydrogen) atoms. The van der Waals surface area contributed by atoms with Gasteiger partial charge in [-0.3, -0.25) is 0 Å². The van der Waals surface area contributed by atoms with E-state index in [1.165, 1.54) is 5.56 Å². The topological polar surface area (TPSA) is 56.7 Å². The normalized spacial score (nSPS) is 13.2. The van der Waals surface area contributed by atoms with Crippen LogP contribution in [0.5, 0.6) is 0 Å². The van der Waals surface area contributed by atoms with E-state index in [1.807, 2.05) is 4.68 Å². The largest absolute Gasteiger partial charge is 0.382 e. The second-order valence-corrected chi connectivity index (χ2v) is 5.14. The van der Waals surface area contributed by atoms with Crippen LogP contribution in [0, 0.1) is 6.92 Å². The maximum absolute atomic E-state index is 6.02. The molecule has 0 saturated heterocycles. The van der Waals surface area contributed by atoms with Gasteiger partial charge in [0.15, 0.2) is 11.5 Å². The first kappa shape index (κ1) is 12.0. The zero-order chi connectivity index (χ0) is 13.6. The summed E-state index contributed by atoms with van der Waals surface area (Å²) in [6.07, 6.45) is 1.00. The van der Waals surface area contributed by atoms with Crippen LogP contribution in [0.2, 0.25) is 0 Å². The van der Waals surface area contributed by atoms with Crippen LogP contribution in [0.15, 0.2) is 24.3 Å². The summed E-state index contributed by atoms with van der Waals surface area (Å²) in [5, 5.41) is 6.48. The Morgan fingerprint density at radius 3 is 2.84 bits per heavy atom. The molecule has 1 atom stereocenters. The Kier molecular flexibility index (Phi) is 2.66. The third kappa shape index (κ3) is 1.84. The Morgan fingerprint density at radius 2 is 2.11 bits per heavy atom. The second kappa shape index (κ2) is 4.23. The third-order valence-corrected chi connectivity index (χ3v) is 3.67. The molecule has 0 amide bonds. The molecule has 0 radical (unpaired) electrons. The number of nitrogens with two attached hydrogens (primary N) is 1. The quantitative estimate of drug-likeness (QED) is 0.762. The van der Waals surface area contributed by atoms with Gasteiger partial charge in [0.05, 0.1) is 16.9 Å². The third-order valence-electron chi connectivity index (χ3n) is 3.67. The first-order valence-electron chi connectivity index (χ1n) is 6.65. The van der Waals surface area contributed by atoms with E-state index in [9.17, 15) is 0 Å². The summed E-state index contributed by atoms with van der Waals surface area (Å²) in [4.78, 5) is 4.75. The van der Waals surface area contributed by atoms with Crippen molar-refractivity contribution < 1.29 is 0 Å². The maximum atomic E-state index is 6.02. The molecule has 0 aliphatic carbocycles. The fourth-order valence-corrected chi connectivity index (χ4v) is 2.33. The van der Waals surface area contributed by atoms with E-state index in [1.54, 1.807) is 0 Å². The van der Waals surface area contributed by atoms with Gasteiger partial charge in [-0.1, -0.05) is 19.1 Å². The van der Waals surface area contributed by atoms with Crippen LogP contribution in [0.3, 0.4) is 0 Å². The molecular formula is C15H18N4. The molecule has 0 aliphatic heterocycles. The highest BCUT2D eigenvalue weighted by atomic mass is 15.3.